The van der Waals surface area contributed by atoms with Gasteiger partial charge in [-0.05, 0) is 37.8 Å². The van der Waals surface area contributed by atoms with Crippen LogP contribution in [0.1, 0.15) is 38.0 Å². The van der Waals surface area contributed by atoms with Crippen molar-refractivity contribution in [1.82, 2.24) is 14.8 Å². The molecule has 1 aromatic heterocycles. The first-order chi connectivity index (χ1) is 13.3. The van der Waals surface area contributed by atoms with Crippen LogP contribution in [0.5, 0.6) is 5.75 Å². The van der Waals surface area contributed by atoms with Crippen LogP contribution in [-0.2, 0) is 6.54 Å². The summed E-state index contributed by atoms with van der Waals surface area (Å²) in [6, 6.07) is 6.96. The number of fused-ring (bicyclic) bond motifs is 1. The van der Waals surface area contributed by atoms with Crippen LogP contribution in [0.15, 0.2) is 22.6 Å². The van der Waals surface area contributed by atoms with Crippen LogP contribution in [-0.4, -0.2) is 64.6 Å². The molecule has 0 spiro atoms. The summed E-state index contributed by atoms with van der Waals surface area (Å²) in [6.45, 7) is 5.41. The number of piperidine rings is 1. The summed E-state index contributed by atoms with van der Waals surface area (Å²) in [6.07, 6.45) is 6.79. The SMILES string of the molecule is c1cc2nc(CN3CCSCC3)oc2cc1OC1CCN(C2CCC2)CC1. The molecule has 0 N–H and O–H groups in total. The zero-order valence-electron chi connectivity index (χ0n) is 15.9. The zero-order chi connectivity index (χ0) is 18.1. The fourth-order valence-electron chi connectivity index (χ4n) is 4.35. The maximum Gasteiger partial charge on any atom is 0.209 e. The molecule has 2 aliphatic heterocycles. The molecule has 2 aromatic rings. The summed E-state index contributed by atoms with van der Waals surface area (Å²) in [4.78, 5) is 9.75. The van der Waals surface area contributed by atoms with Gasteiger partial charge in [0.25, 0.3) is 0 Å². The topological polar surface area (TPSA) is 41.7 Å². The average molecular weight is 388 g/mol. The van der Waals surface area contributed by atoms with Crippen molar-refractivity contribution in [3.8, 4) is 5.75 Å². The van der Waals surface area contributed by atoms with E-state index in [1.807, 2.05) is 30.0 Å². The van der Waals surface area contributed by atoms with Gasteiger partial charge >= 0.3 is 0 Å². The van der Waals surface area contributed by atoms with Crippen molar-refractivity contribution in [2.24, 2.45) is 0 Å². The molecule has 3 heterocycles. The second-order valence-corrected chi connectivity index (χ2v) is 9.29. The van der Waals surface area contributed by atoms with Gasteiger partial charge in [0.2, 0.25) is 5.89 Å². The van der Waals surface area contributed by atoms with Crippen LogP contribution in [0.25, 0.3) is 11.1 Å². The Labute approximate surface area is 165 Å². The second-order valence-electron chi connectivity index (χ2n) is 8.06. The highest BCUT2D eigenvalue weighted by atomic mass is 32.2. The summed E-state index contributed by atoms with van der Waals surface area (Å²) < 4.78 is 12.3. The minimum atomic E-state index is 0.326. The third-order valence-corrected chi connectivity index (χ3v) is 7.18. The standard InChI is InChI=1S/C21H29N3O2S/c1-2-16(3-1)24-8-6-17(7-9-24)25-18-4-5-19-20(14-18)26-21(22-19)15-23-10-12-27-13-11-23/h4-5,14,16-17H,1-3,6-13,15H2. The molecular weight excluding hydrogens is 358 g/mol. The van der Waals surface area contributed by atoms with E-state index in [-0.39, 0.29) is 0 Å². The van der Waals surface area contributed by atoms with Crippen LogP contribution in [0.4, 0.5) is 0 Å². The molecule has 1 aromatic carbocycles. The smallest absolute Gasteiger partial charge is 0.209 e. The first-order valence-electron chi connectivity index (χ1n) is 10.4. The number of thioether (sulfide) groups is 1. The van der Waals surface area contributed by atoms with Gasteiger partial charge in [-0.25, -0.2) is 4.98 Å². The van der Waals surface area contributed by atoms with E-state index in [4.69, 9.17) is 9.15 Å². The Morgan fingerprint density at radius 3 is 2.63 bits per heavy atom. The van der Waals surface area contributed by atoms with Gasteiger partial charge in [-0.15, -0.1) is 0 Å². The molecule has 3 fully saturated rings. The number of likely N-dealkylation sites (tertiary alicyclic amines) is 1. The van der Waals surface area contributed by atoms with E-state index in [1.54, 1.807) is 0 Å². The fourth-order valence-corrected chi connectivity index (χ4v) is 5.33. The van der Waals surface area contributed by atoms with Crippen molar-refractivity contribution in [1.29, 1.82) is 0 Å². The Morgan fingerprint density at radius 1 is 1.07 bits per heavy atom. The van der Waals surface area contributed by atoms with Crippen molar-refractivity contribution >= 4 is 22.9 Å². The molecule has 0 amide bonds. The molecule has 1 aliphatic carbocycles. The lowest BCUT2D eigenvalue weighted by molar-refractivity contribution is 0.0494. The quantitative estimate of drug-likeness (QED) is 0.778. The molecule has 1 saturated carbocycles. The van der Waals surface area contributed by atoms with E-state index >= 15 is 0 Å². The largest absolute Gasteiger partial charge is 0.490 e. The highest BCUT2D eigenvalue weighted by Crippen LogP contribution is 2.29. The Hall–Kier alpha value is -1.24. The third-order valence-electron chi connectivity index (χ3n) is 6.24. The number of aromatic nitrogens is 1. The van der Waals surface area contributed by atoms with E-state index in [0.29, 0.717) is 6.10 Å². The summed E-state index contributed by atoms with van der Waals surface area (Å²) in [5.74, 6) is 4.15. The number of benzene rings is 1. The molecule has 5 rings (SSSR count). The fraction of sp³-hybridized carbons (Fsp3) is 0.667. The minimum Gasteiger partial charge on any atom is -0.490 e. The van der Waals surface area contributed by atoms with Gasteiger partial charge in [-0.3, -0.25) is 4.90 Å². The van der Waals surface area contributed by atoms with E-state index in [0.717, 1.165) is 61.3 Å². The Morgan fingerprint density at radius 2 is 1.89 bits per heavy atom. The molecule has 5 nitrogen and oxygen atoms in total. The molecule has 3 aliphatic rings. The highest BCUT2D eigenvalue weighted by Gasteiger charge is 2.29. The monoisotopic (exact) mass is 387 g/mol. The van der Waals surface area contributed by atoms with Crippen LogP contribution in [0.2, 0.25) is 0 Å². The molecular formula is C21H29N3O2S. The van der Waals surface area contributed by atoms with Crippen molar-refractivity contribution in [2.75, 3.05) is 37.7 Å². The molecule has 0 radical (unpaired) electrons. The van der Waals surface area contributed by atoms with E-state index in [9.17, 15) is 0 Å². The molecule has 0 atom stereocenters. The average Bonchev–Trinajstić information content (AvgIpc) is 3.04. The van der Waals surface area contributed by atoms with Crippen LogP contribution in [0, 0.1) is 0 Å². The summed E-state index contributed by atoms with van der Waals surface area (Å²) in [5.41, 5.74) is 1.78. The van der Waals surface area contributed by atoms with E-state index < -0.39 is 0 Å². The molecule has 6 heteroatoms. The van der Waals surface area contributed by atoms with Crippen molar-refractivity contribution in [3.63, 3.8) is 0 Å². The Bertz CT molecular complexity index is 762. The molecule has 0 unspecified atom stereocenters. The minimum absolute atomic E-state index is 0.326. The lowest BCUT2D eigenvalue weighted by atomic mass is 9.90. The number of rotatable bonds is 5. The Balaban J connectivity index is 1.19. The summed E-state index contributed by atoms with van der Waals surface area (Å²) in [5, 5.41) is 0. The molecule has 27 heavy (non-hydrogen) atoms. The highest BCUT2D eigenvalue weighted by molar-refractivity contribution is 7.99. The maximum atomic E-state index is 6.27. The second kappa shape index (κ2) is 8.02. The van der Waals surface area contributed by atoms with Gasteiger partial charge in [0, 0.05) is 49.8 Å². The van der Waals surface area contributed by atoms with Crippen molar-refractivity contribution in [2.45, 2.75) is 50.8 Å². The van der Waals surface area contributed by atoms with Gasteiger partial charge in [-0.1, -0.05) is 6.42 Å². The van der Waals surface area contributed by atoms with E-state index in [2.05, 4.69) is 14.8 Å². The lowest BCUT2D eigenvalue weighted by Gasteiger charge is -2.41. The number of ether oxygens (including phenoxy) is 1. The summed E-state index contributed by atoms with van der Waals surface area (Å²) >= 11 is 2.03. The molecule has 2 saturated heterocycles. The first-order valence-corrected chi connectivity index (χ1v) is 11.6. The van der Waals surface area contributed by atoms with Crippen molar-refractivity contribution in [3.05, 3.63) is 24.1 Å². The van der Waals surface area contributed by atoms with Gasteiger partial charge < -0.3 is 14.1 Å². The van der Waals surface area contributed by atoms with Crippen LogP contribution in [0.3, 0.4) is 0 Å². The van der Waals surface area contributed by atoms with Gasteiger partial charge in [0.1, 0.15) is 17.4 Å². The zero-order valence-corrected chi connectivity index (χ0v) is 16.8. The van der Waals surface area contributed by atoms with Gasteiger partial charge in [-0.2, -0.15) is 11.8 Å². The molecule has 0 bridgehead atoms. The number of hydrogen-bond acceptors (Lipinski definition) is 6. The number of nitrogens with zero attached hydrogens (tertiary/aromatic N) is 3. The van der Waals surface area contributed by atoms with E-state index in [1.165, 1.54) is 43.9 Å². The molecule has 146 valence electrons. The number of oxazole rings is 1. The lowest BCUT2D eigenvalue weighted by Crippen LogP contribution is -2.46. The predicted molar refractivity (Wildman–Crippen MR) is 109 cm³/mol. The predicted octanol–water partition coefficient (Wildman–Crippen LogP) is 3.77. The Kier molecular flexibility index (Phi) is 5.29. The van der Waals surface area contributed by atoms with Crippen LogP contribution < -0.4 is 4.74 Å². The summed E-state index contributed by atoms with van der Waals surface area (Å²) in [7, 11) is 0. The van der Waals surface area contributed by atoms with Gasteiger partial charge in [0.15, 0.2) is 5.58 Å². The first kappa shape index (κ1) is 17.8. The van der Waals surface area contributed by atoms with Gasteiger partial charge in [0.05, 0.1) is 6.54 Å². The normalized spacial score (nSPS) is 23.6. The number of hydrogen-bond donors (Lipinski definition) is 0. The van der Waals surface area contributed by atoms with Crippen molar-refractivity contribution < 1.29 is 9.15 Å². The van der Waals surface area contributed by atoms with Crippen LogP contribution >= 0.6 is 11.8 Å². The third kappa shape index (κ3) is 4.13. The maximum absolute atomic E-state index is 6.27.